The lowest BCUT2D eigenvalue weighted by atomic mass is 10.1. The molecular weight excluding hydrogens is 440 g/mol. The minimum atomic E-state index is -0.771. The zero-order valence-corrected chi connectivity index (χ0v) is 17.9. The van der Waals surface area contributed by atoms with Crippen molar-refractivity contribution in [1.82, 2.24) is 0 Å². The Morgan fingerprint density at radius 3 is 2.26 bits per heavy atom. The molecule has 0 saturated carbocycles. The van der Waals surface area contributed by atoms with Crippen LogP contribution in [-0.2, 0) is 11.2 Å². The molecule has 0 unspecified atom stereocenters. The molecule has 0 saturated heterocycles. The van der Waals surface area contributed by atoms with Crippen LogP contribution < -0.4 is 10.1 Å². The molecular formula is C24H18N4O6. The zero-order chi connectivity index (χ0) is 24.7. The van der Waals surface area contributed by atoms with Crippen molar-refractivity contribution in [3.05, 3.63) is 104 Å². The van der Waals surface area contributed by atoms with E-state index in [2.05, 4.69) is 5.32 Å². The Balaban J connectivity index is 1.75. The lowest BCUT2D eigenvalue weighted by molar-refractivity contribution is -0.394. The molecule has 1 amide bonds. The predicted molar refractivity (Wildman–Crippen MR) is 124 cm³/mol. The summed E-state index contributed by atoms with van der Waals surface area (Å²) in [7, 11) is 0. The molecule has 3 rings (SSSR count). The van der Waals surface area contributed by atoms with Crippen LogP contribution in [0.25, 0.3) is 6.08 Å². The van der Waals surface area contributed by atoms with Gasteiger partial charge in [0.15, 0.2) is 0 Å². The number of amides is 1. The quantitative estimate of drug-likeness (QED) is 0.205. The predicted octanol–water partition coefficient (Wildman–Crippen LogP) is 5.40. The van der Waals surface area contributed by atoms with Crippen molar-refractivity contribution >= 4 is 29.0 Å². The summed E-state index contributed by atoms with van der Waals surface area (Å²) in [4.78, 5) is 33.0. The molecule has 0 radical (unpaired) electrons. The lowest BCUT2D eigenvalue weighted by Crippen LogP contribution is -2.13. The van der Waals surface area contributed by atoms with Gasteiger partial charge < -0.3 is 10.1 Å². The number of aryl methyl sites for hydroxylation is 1. The number of nitrogens with one attached hydrogen (secondary N) is 1. The molecule has 34 heavy (non-hydrogen) atoms. The molecule has 3 aromatic rings. The highest BCUT2D eigenvalue weighted by Crippen LogP contribution is 2.34. The van der Waals surface area contributed by atoms with Gasteiger partial charge in [-0.1, -0.05) is 31.2 Å². The molecule has 0 aliphatic heterocycles. The van der Waals surface area contributed by atoms with Crippen LogP contribution >= 0.6 is 0 Å². The molecule has 0 aliphatic carbocycles. The number of non-ortho nitro benzene ring substituents is 1. The summed E-state index contributed by atoms with van der Waals surface area (Å²) in [5.41, 5.74) is 1.13. The Hall–Kier alpha value is -5.04. The number of carbonyl (C=O) groups is 1. The van der Waals surface area contributed by atoms with Gasteiger partial charge in [0, 0.05) is 11.8 Å². The normalized spacial score (nSPS) is 10.8. The first-order valence-corrected chi connectivity index (χ1v) is 10.0. The summed E-state index contributed by atoms with van der Waals surface area (Å²) < 4.78 is 5.51. The van der Waals surface area contributed by atoms with E-state index in [1.54, 1.807) is 24.3 Å². The van der Waals surface area contributed by atoms with Crippen molar-refractivity contribution < 1.29 is 19.4 Å². The third kappa shape index (κ3) is 5.80. The smallest absolute Gasteiger partial charge is 0.318 e. The number of anilines is 1. The summed E-state index contributed by atoms with van der Waals surface area (Å²) in [5, 5.41) is 34.2. The number of nitro benzene ring substituents is 2. The summed E-state index contributed by atoms with van der Waals surface area (Å²) in [6.45, 7) is 2.02. The summed E-state index contributed by atoms with van der Waals surface area (Å²) in [6.07, 6.45) is 2.27. The SMILES string of the molecule is CCc1ccc(NC(=O)/C(C#N)=C\c2ccc(Oc3ccc([N+](=O)[O-])cc3[N+](=O)[O-])cc2)cc1. The fourth-order valence-electron chi connectivity index (χ4n) is 2.94. The maximum absolute atomic E-state index is 12.4. The minimum Gasteiger partial charge on any atom is -0.450 e. The van der Waals surface area contributed by atoms with Gasteiger partial charge >= 0.3 is 5.69 Å². The van der Waals surface area contributed by atoms with E-state index in [-0.39, 0.29) is 17.1 Å². The van der Waals surface area contributed by atoms with Gasteiger partial charge in [-0.05, 0) is 54.0 Å². The van der Waals surface area contributed by atoms with E-state index in [0.29, 0.717) is 11.3 Å². The Morgan fingerprint density at radius 2 is 1.71 bits per heavy atom. The molecule has 1 N–H and O–H groups in total. The highest BCUT2D eigenvalue weighted by atomic mass is 16.6. The topological polar surface area (TPSA) is 148 Å². The lowest BCUT2D eigenvalue weighted by Gasteiger charge is -2.07. The number of nitro groups is 2. The maximum atomic E-state index is 12.4. The number of nitriles is 1. The molecule has 10 heteroatoms. The standard InChI is InChI=1S/C24H18N4O6/c1-2-16-3-7-19(8-4-16)26-24(29)18(15-25)13-17-5-10-21(11-6-17)34-23-12-9-20(27(30)31)14-22(23)28(32)33/h3-14H,2H2,1H3,(H,26,29)/b18-13-. The molecule has 0 atom stereocenters. The maximum Gasteiger partial charge on any atom is 0.318 e. The van der Waals surface area contributed by atoms with Crippen molar-refractivity contribution in [3.63, 3.8) is 0 Å². The van der Waals surface area contributed by atoms with Crippen molar-refractivity contribution in [3.8, 4) is 17.6 Å². The Labute approximate surface area is 194 Å². The van der Waals surface area contributed by atoms with Crippen LogP contribution in [-0.4, -0.2) is 15.8 Å². The average Bonchev–Trinajstić information content (AvgIpc) is 2.83. The third-order valence-electron chi connectivity index (χ3n) is 4.75. The Morgan fingerprint density at radius 1 is 1.03 bits per heavy atom. The second-order valence-corrected chi connectivity index (χ2v) is 7.01. The Kier molecular flexibility index (Phi) is 7.31. The van der Waals surface area contributed by atoms with Crippen LogP contribution in [0.4, 0.5) is 17.1 Å². The number of ether oxygens (including phenoxy) is 1. The van der Waals surface area contributed by atoms with Crippen molar-refractivity contribution in [1.29, 1.82) is 5.26 Å². The van der Waals surface area contributed by atoms with E-state index < -0.39 is 27.1 Å². The van der Waals surface area contributed by atoms with Gasteiger partial charge in [-0.3, -0.25) is 25.0 Å². The number of hydrogen-bond donors (Lipinski definition) is 1. The van der Waals surface area contributed by atoms with Gasteiger partial charge in [-0.2, -0.15) is 5.26 Å². The molecule has 0 bridgehead atoms. The Bertz CT molecular complexity index is 1310. The largest absolute Gasteiger partial charge is 0.450 e. The number of nitrogens with zero attached hydrogens (tertiary/aromatic N) is 3. The van der Waals surface area contributed by atoms with Crippen LogP contribution in [0.2, 0.25) is 0 Å². The molecule has 170 valence electrons. The average molecular weight is 458 g/mol. The van der Waals surface area contributed by atoms with Crippen molar-refractivity contribution in [2.24, 2.45) is 0 Å². The van der Waals surface area contributed by atoms with E-state index in [1.807, 2.05) is 25.1 Å². The van der Waals surface area contributed by atoms with Crippen LogP contribution in [0.3, 0.4) is 0 Å². The molecule has 0 aliphatic rings. The first kappa shape index (κ1) is 23.6. The fourth-order valence-corrected chi connectivity index (χ4v) is 2.94. The van der Waals surface area contributed by atoms with Crippen LogP contribution in [0.1, 0.15) is 18.1 Å². The minimum absolute atomic E-state index is 0.112. The molecule has 0 heterocycles. The van der Waals surface area contributed by atoms with Gasteiger partial charge in [0.05, 0.1) is 15.9 Å². The van der Waals surface area contributed by atoms with E-state index in [4.69, 9.17) is 4.74 Å². The van der Waals surface area contributed by atoms with Gasteiger partial charge in [0.2, 0.25) is 5.75 Å². The van der Waals surface area contributed by atoms with Crippen molar-refractivity contribution in [2.45, 2.75) is 13.3 Å². The number of benzene rings is 3. The van der Waals surface area contributed by atoms with Crippen LogP contribution in [0.5, 0.6) is 11.5 Å². The fraction of sp³-hybridized carbons (Fsp3) is 0.0833. The monoisotopic (exact) mass is 458 g/mol. The number of rotatable bonds is 8. The highest BCUT2D eigenvalue weighted by molar-refractivity contribution is 6.09. The second kappa shape index (κ2) is 10.5. The van der Waals surface area contributed by atoms with E-state index in [9.17, 15) is 30.3 Å². The summed E-state index contributed by atoms with van der Waals surface area (Å²) in [5.74, 6) is -0.494. The van der Waals surface area contributed by atoms with Crippen LogP contribution in [0.15, 0.2) is 72.3 Å². The first-order chi connectivity index (χ1) is 16.3. The zero-order valence-electron chi connectivity index (χ0n) is 17.9. The molecule has 0 spiro atoms. The summed E-state index contributed by atoms with van der Waals surface area (Å²) >= 11 is 0. The molecule has 0 aromatic heterocycles. The van der Waals surface area contributed by atoms with Gasteiger partial charge in [0.25, 0.3) is 11.6 Å². The molecule has 3 aromatic carbocycles. The second-order valence-electron chi connectivity index (χ2n) is 7.01. The third-order valence-corrected chi connectivity index (χ3v) is 4.75. The first-order valence-electron chi connectivity index (χ1n) is 10.0. The van der Waals surface area contributed by atoms with Crippen molar-refractivity contribution in [2.75, 3.05) is 5.32 Å². The summed E-state index contributed by atoms with van der Waals surface area (Å²) in [6, 6.07) is 18.3. The highest BCUT2D eigenvalue weighted by Gasteiger charge is 2.21. The van der Waals surface area contributed by atoms with Crippen LogP contribution in [0, 0.1) is 31.6 Å². The van der Waals surface area contributed by atoms with E-state index >= 15 is 0 Å². The number of hydrogen-bond acceptors (Lipinski definition) is 7. The van der Waals surface area contributed by atoms with Gasteiger partial charge in [0.1, 0.15) is 17.4 Å². The van der Waals surface area contributed by atoms with Gasteiger partial charge in [-0.15, -0.1) is 0 Å². The van der Waals surface area contributed by atoms with Gasteiger partial charge in [-0.25, -0.2) is 0 Å². The van der Waals surface area contributed by atoms with E-state index in [0.717, 1.165) is 30.2 Å². The molecule has 10 nitrogen and oxygen atoms in total. The number of carbonyl (C=O) groups excluding carboxylic acids is 1. The van der Waals surface area contributed by atoms with E-state index in [1.165, 1.54) is 18.2 Å². The molecule has 0 fully saturated rings.